The van der Waals surface area contributed by atoms with Crippen LogP contribution >= 0.6 is 0 Å². The van der Waals surface area contributed by atoms with Crippen LogP contribution in [0.1, 0.15) is 26.3 Å². The highest BCUT2D eigenvalue weighted by molar-refractivity contribution is 7.89. The molecular formula is C13H19F2NO3S. The van der Waals surface area contributed by atoms with Crippen LogP contribution in [0.15, 0.2) is 17.0 Å². The fraction of sp³-hybridized carbons (Fsp3) is 0.538. The Labute approximate surface area is 118 Å². The second-order valence-electron chi connectivity index (χ2n) is 4.90. The smallest absolute Gasteiger partial charge is 0.246 e. The van der Waals surface area contributed by atoms with E-state index in [0.717, 1.165) is 16.4 Å². The van der Waals surface area contributed by atoms with Crippen molar-refractivity contribution in [2.45, 2.75) is 32.3 Å². The van der Waals surface area contributed by atoms with Gasteiger partial charge < -0.3 is 5.11 Å². The molecule has 0 saturated heterocycles. The summed E-state index contributed by atoms with van der Waals surface area (Å²) in [6, 6.07) is 1.75. The Morgan fingerprint density at radius 3 is 2.35 bits per heavy atom. The molecule has 114 valence electrons. The lowest BCUT2D eigenvalue weighted by atomic mass is 10.2. The van der Waals surface area contributed by atoms with E-state index in [1.54, 1.807) is 6.92 Å². The average molecular weight is 307 g/mol. The van der Waals surface area contributed by atoms with E-state index in [2.05, 4.69) is 0 Å². The van der Waals surface area contributed by atoms with Crippen molar-refractivity contribution < 1.29 is 22.3 Å². The highest BCUT2D eigenvalue weighted by Gasteiger charge is 2.29. The number of nitrogens with zero attached hydrogens (tertiary/aromatic N) is 1. The Kier molecular flexibility index (Phi) is 5.61. The van der Waals surface area contributed by atoms with Gasteiger partial charge >= 0.3 is 0 Å². The molecule has 0 spiro atoms. The largest absolute Gasteiger partial charge is 0.392 e. The molecule has 0 fully saturated rings. The standard InChI is InChI=1S/C13H19F2NO3S/c1-4-16(7-9(2)3)20(18,19)12-6-10(8-17)5-11(14)13(12)15/h5-6,9,17H,4,7-8H2,1-3H3. The summed E-state index contributed by atoms with van der Waals surface area (Å²) in [5.41, 5.74) is 0.0167. The number of hydrogen-bond donors (Lipinski definition) is 1. The lowest BCUT2D eigenvalue weighted by Gasteiger charge is -2.23. The second-order valence-corrected chi connectivity index (χ2v) is 6.80. The summed E-state index contributed by atoms with van der Waals surface area (Å²) in [6.45, 7) is 5.10. The van der Waals surface area contributed by atoms with E-state index in [4.69, 9.17) is 5.11 Å². The van der Waals surface area contributed by atoms with Crippen molar-refractivity contribution in [2.75, 3.05) is 13.1 Å². The summed E-state index contributed by atoms with van der Waals surface area (Å²) >= 11 is 0. The van der Waals surface area contributed by atoms with Gasteiger partial charge in [-0.15, -0.1) is 0 Å². The number of hydrogen-bond acceptors (Lipinski definition) is 3. The average Bonchev–Trinajstić information content (AvgIpc) is 2.38. The van der Waals surface area contributed by atoms with Crippen LogP contribution < -0.4 is 0 Å². The molecule has 0 amide bonds. The molecule has 7 heteroatoms. The van der Waals surface area contributed by atoms with E-state index < -0.39 is 33.2 Å². The minimum Gasteiger partial charge on any atom is -0.392 e. The third-order valence-electron chi connectivity index (χ3n) is 2.78. The molecule has 0 radical (unpaired) electrons. The normalized spacial score (nSPS) is 12.4. The van der Waals surface area contributed by atoms with Crippen molar-refractivity contribution in [3.63, 3.8) is 0 Å². The molecule has 1 N–H and O–H groups in total. The van der Waals surface area contributed by atoms with Crippen LogP contribution in [0.3, 0.4) is 0 Å². The molecule has 20 heavy (non-hydrogen) atoms. The minimum absolute atomic E-state index is 0.0167. The summed E-state index contributed by atoms with van der Waals surface area (Å²) in [4.78, 5) is -0.732. The van der Waals surface area contributed by atoms with Gasteiger partial charge in [-0.25, -0.2) is 17.2 Å². The zero-order chi connectivity index (χ0) is 15.5. The first-order chi connectivity index (χ1) is 9.23. The molecule has 0 saturated carbocycles. The van der Waals surface area contributed by atoms with Crippen LogP contribution in [-0.4, -0.2) is 30.9 Å². The Balaban J connectivity index is 3.37. The summed E-state index contributed by atoms with van der Waals surface area (Å²) in [6.07, 6.45) is 0. The van der Waals surface area contributed by atoms with E-state index in [1.165, 1.54) is 0 Å². The third-order valence-corrected chi connectivity index (χ3v) is 4.72. The topological polar surface area (TPSA) is 57.6 Å². The number of aliphatic hydroxyl groups is 1. The van der Waals surface area contributed by atoms with E-state index >= 15 is 0 Å². The van der Waals surface area contributed by atoms with Crippen molar-refractivity contribution in [1.82, 2.24) is 4.31 Å². The van der Waals surface area contributed by atoms with Gasteiger partial charge in [0.15, 0.2) is 11.6 Å². The lowest BCUT2D eigenvalue weighted by Crippen LogP contribution is -2.34. The molecule has 0 unspecified atom stereocenters. The molecule has 0 aliphatic carbocycles. The molecule has 0 aromatic heterocycles. The van der Waals surface area contributed by atoms with E-state index in [9.17, 15) is 17.2 Å². The maximum atomic E-state index is 13.8. The van der Waals surface area contributed by atoms with Gasteiger partial charge in [0.05, 0.1) is 6.61 Å². The van der Waals surface area contributed by atoms with E-state index in [1.807, 2.05) is 13.8 Å². The quantitative estimate of drug-likeness (QED) is 0.876. The zero-order valence-electron chi connectivity index (χ0n) is 11.7. The Hall–Kier alpha value is -1.05. The van der Waals surface area contributed by atoms with Gasteiger partial charge in [0.2, 0.25) is 10.0 Å². The summed E-state index contributed by atoms with van der Waals surface area (Å²) in [5, 5.41) is 8.99. The first kappa shape index (κ1) is 17.0. The van der Waals surface area contributed by atoms with Gasteiger partial charge in [-0.3, -0.25) is 0 Å². The van der Waals surface area contributed by atoms with Crippen molar-refractivity contribution in [1.29, 1.82) is 0 Å². The van der Waals surface area contributed by atoms with Crippen LogP contribution in [0.2, 0.25) is 0 Å². The first-order valence-electron chi connectivity index (χ1n) is 6.32. The van der Waals surface area contributed by atoms with Gasteiger partial charge in [0.1, 0.15) is 4.90 Å². The van der Waals surface area contributed by atoms with Crippen molar-refractivity contribution in [3.8, 4) is 0 Å². The van der Waals surface area contributed by atoms with Gasteiger partial charge in [-0.2, -0.15) is 4.31 Å². The SMILES string of the molecule is CCN(CC(C)C)S(=O)(=O)c1cc(CO)cc(F)c1F. The second kappa shape index (κ2) is 6.60. The van der Waals surface area contributed by atoms with Gasteiger partial charge in [-0.05, 0) is 23.6 Å². The maximum absolute atomic E-state index is 13.8. The number of halogens is 2. The maximum Gasteiger partial charge on any atom is 0.246 e. The summed E-state index contributed by atoms with van der Waals surface area (Å²) < 4.78 is 53.1. The highest BCUT2D eigenvalue weighted by atomic mass is 32.2. The predicted molar refractivity (Wildman–Crippen MR) is 71.6 cm³/mol. The first-order valence-corrected chi connectivity index (χ1v) is 7.77. The molecule has 0 bridgehead atoms. The van der Waals surface area contributed by atoms with Crippen LogP contribution in [0.25, 0.3) is 0 Å². The lowest BCUT2D eigenvalue weighted by molar-refractivity contribution is 0.280. The molecule has 0 aliphatic heterocycles. The number of aliphatic hydroxyl groups excluding tert-OH is 1. The van der Waals surface area contributed by atoms with Gasteiger partial charge in [0.25, 0.3) is 0 Å². The highest BCUT2D eigenvalue weighted by Crippen LogP contribution is 2.24. The number of sulfonamides is 1. The minimum atomic E-state index is -4.12. The Morgan fingerprint density at radius 1 is 1.30 bits per heavy atom. The number of rotatable bonds is 6. The molecule has 1 rings (SSSR count). The molecule has 0 atom stereocenters. The van der Waals surface area contributed by atoms with Crippen molar-refractivity contribution in [2.24, 2.45) is 5.92 Å². The zero-order valence-corrected chi connectivity index (χ0v) is 12.5. The molecule has 0 aliphatic rings. The Morgan fingerprint density at radius 2 is 1.90 bits per heavy atom. The van der Waals surface area contributed by atoms with Crippen LogP contribution in [0, 0.1) is 17.6 Å². The monoisotopic (exact) mass is 307 g/mol. The Bertz CT molecular complexity index is 573. The summed E-state index contributed by atoms with van der Waals surface area (Å²) in [7, 11) is -4.12. The molecule has 4 nitrogen and oxygen atoms in total. The predicted octanol–water partition coefficient (Wildman–Crippen LogP) is 2.12. The van der Waals surface area contributed by atoms with Crippen molar-refractivity contribution in [3.05, 3.63) is 29.3 Å². The van der Waals surface area contributed by atoms with Crippen LogP contribution in [-0.2, 0) is 16.6 Å². The van der Waals surface area contributed by atoms with Gasteiger partial charge in [-0.1, -0.05) is 20.8 Å². The van der Waals surface area contributed by atoms with Gasteiger partial charge in [0, 0.05) is 13.1 Å². The fourth-order valence-corrected chi connectivity index (χ4v) is 3.58. The number of benzene rings is 1. The van der Waals surface area contributed by atoms with Crippen LogP contribution in [0.5, 0.6) is 0 Å². The van der Waals surface area contributed by atoms with Crippen LogP contribution in [0.4, 0.5) is 8.78 Å². The van der Waals surface area contributed by atoms with E-state index in [-0.39, 0.29) is 24.6 Å². The summed E-state index contributed by atoms with van der Waals surface area (Å²) in [5.74, 6) is -2.64. The molecule has 0 heterocycles. The molecular weight excluding hydrogens is 288 g/mol. The van der Waals surface area contributed by atoms with E-state index in [0.29, 0.717) is 0 Å². The third kappa shape index (κ3) is 3.53. The molecule has 1 aromatic rings. The fourth-order valence-electron chi connectivity index (χ4n) is 1.84. The molecule has 1 aromatic carbocycles. The van der Waals surface area contributed by atoms with Crippen molar-refractivity contribution >= 4 is 10.0 Å².